The van der Waals surface area contributed by atoms with Crippen LogP contribution >= 0.6 is 0 Å². The molecular weight excluding hydrogens is 286 g/mol. The number of rotatable bonds is 6. The fourth-order valence-electron chi connectivity index (χ4n) is 2.85. The molecule has 4 nitrogen and oxygen atoms in total. The van der Waals surface area contributed by atoms with Gasteiger partial charge in [0.2, 0.25) is 5.91 Å². The highest BCUT2D eigenvalue weighted by Crippen LogP contribution is 2.17. The highest BCUT2D eigenvalue weighted by Gasteiger charge is 2.13. The van der Waals surface area contributed by atoms with Gasteiger partial charge >= 0.3 is 0 Å². The van der Waals surface area contributed by atoms with E-state index in [4.69, 9.17) is 0 Å². The molecule has 120 valence electrons. The van der Waals surface area contributed by atoms with Gasteiger partial charge < -0.3 is 10.2 Å². The Kier molecular flexibility index (Phi) is 5.25. The van der Waals surface area contributed by atoms with Gasteiger partial charge in [-0.3, -0.25) is 4.79 Å². The van der Waals surface area contributed by atoms with Crippen molar-refractivity contribution >= 4 is 11.7 Å². The Bertz CT molecular complexity index is 619. The van der Waals surface area contributed by atoms with E-state index in [1.807, 2.05) is 36.5 Å². The molecule has 4 heteroatoms. The van der Waals surface area contributed by atoms with Crippen LogP contribution in [0.4, 0.5) is 5.82 Å². The summed E-state index contributed by atoms with van der Waals surface area (Å²) in [7, 11) is 0. The zero-order chi connectivity index (χ0) is 15.9. The van der Waals surface area contributed by atoms with Crippen molar-refractivity contribution in [2.75, 3.05) is 18.0 Å². The number of hydrogen-bond acceptors (Lipinski definition) is 3. The molecule has 1 N–H and O–H groups in total. The normalized spacial score (nSPS) is 14.0. The maximum atomic E-state index is 11.9. The van der Waals surface area contributed by atoms with Crippen LogP contribution in [0.5, 0.6) is 0 Å². The molecule has 0 bridgehead atoms. The third-order valence-electron chi connectivity index (χ3n) is 4.21. The molecule has 0 atom stereocenters. The summed E-state index contributed by atoms with van der Waals surface area (Å²) in [5.74, 6) is 1.12. The maximum absolute atomic E-state index is 11.9. The smallest absolute Gasteiger partial charge is 0.220 e. The Balaban J connectivity index is 1.43. The number of carbonyl (C=O) groups is 1. The summed E-state index contributed by atoms with van der Waals surface area (Å²) in [5.41, 5.74) is 2.24. The second kappa shape index (κ2) is 7.77. The zero-order valence-corrected chi connectivity index (χ0v) is 13.4. The van der Waals surface area contributed by atoms with Crippen LogP contribution in [0.3, 0.4) is 0 Å². The molecule has 1 aromatic heterocycles. The highest BCUT2D eigenvalue weighted by molar-refractivity contribution is 5.76. The quantitative estimate of drug-likeness (QED) is 0.892. The topological polar surface area (TPSA) is 45.2 Å². The zero-order valence-electron chi connectivity index (χ0n) is 13.4. The van der Waals surface area contributed by atoms with Crippen LogP contribution in [0.15, 0.2) is 48.7 Å². The number of carbonyl (C=O) groups excluding carboxylic acids is 1. The van der Waals surface area contributed by atoms with Crippen LogP contribution in [0.2, 0.25) is 0 Å². The molecule has 1 amide bonds. The third kappa shape index (κ3) is 4.55. The maximum Gasteiger partial charge on any atom is 0.220 e. The van der Waals surface area contributed by atoms with Crippen molar-refractivity contribution in [1.82, 2.24) is 10.3 Å². The lowest BCUT2D eigenvalue weighted by atomic mass is 10.1. The van der Waals surface area contributed by atoms with Crippen molar-refractivity contribution in [3.8, 4) is 0 Å². The first-order valence-electron chi connectivity index (χ1n) is 8.32. The molecule has 2 aromatic rings. The Morgan fingerprint density at radius 3 is 2.52 bits per heavy atom. The van der Waals surface area contributed by atoms with E-state index in [1.54, 1.807) is 0 Å². The largest absolute Gasteiger partial charge is 0.357 e. The van der Waals surface area contributed by atoms with Crippen molar-refractivity contribution in [2.45, 2.75) is 32.2 Å². The summed E-state index contributed by atoms with van der Waals surface area (Å²) in [6, 6.07) is 14.2. The van der Waals surface area contributed by atoms with Gasteiger partial charge in [-0.25, -0.2) is 4.98 Å². The Hall–Kier alpha value is -2.36. The number of aryl methyl sites for hydroxylation is 1. The predicted octanol–water partition coefficient (Wildman–Crippen LogP) is 2.93. The van der Waals surface area contributed by atoms with Gasteiger partial charge in [0.15, 0.2) is 0 Å². The van der Waals surface area contributed by atoms with E-state index in [1.165, 1.54) is 18.4 Å². The van der Waals surface area contributed by atoms with Gasteiger partial charge in [0, 0.05) is 32.3 Å². The minimum absolute atomic E-state index is 0.0810. The van der Waals surface area contributed by atoms with Gasteiger partial charge in [-0.05, 0) is 36.5 Å². The molecule has 1 saturated heterocycles. The van der Waals surface area contributed by atoms with Crippen LogP contribution in [0.1, 0.15) is 30.4 Å². The second-order valence-corrected chi connectivity index (χ2v) is 5.98. The molecule has 1 fully saturated rings. The SMILES string of the molecule is O=C(CCc1ccccc1)NCc1ccc(N2CCCC2)nc1. The van der Waals surface area contributed by atoms with Crippen LogP contribution < -0.4 is 10.2 Å². The van der Waals surface area contributed by atoms with E-state index in [0.29, 0.717) is 13.0 Å². The number of benzene rings is 1. The van der Waals surface area contributed by atoms with E-state index in [0.717, 1.165) is 30.9 Å². The summed E-state index contributed by atoms with van der Waals surface area (Å²) < 4.78 is 0. The average Bonchev–Trinajstić information content (AvgIpc) is 3.14. The van der Waals surface area contributed by atoms with Gasteiger partial charge in [0.05, 0.1) is 0 Å². The molecule has 0 radical (unpaired) electrons. The number of pyridine rings is 1. The highest BCUT2D eigenvalue weighted by atomic mass is 16.1. The molecule has 2 heterocycles. The number of nitrogens with one attached hydrogen (secondary N) is 1. The molecule has 0 aliphatic carbocycles. The van der Waals surface area contributed by atoms with Crippen molar-refractivity contribution in [3.05, 3.63) is 59.8 Å². The molecule has 1 aliphatic heterocycles. The predicted molar refractivity (Wildman–Crippen MR) is 92.3 cm³/mol. The van der Waals surface area contributed by atoms with Gasteiger partial charge in [0.1, 0.15) is 5.82 Å². The lowest BCUT2D eigenvalue weighted by molar-refractivity contribution is -0.121. The fourth-order valence-corrected chi connectivity index (χ4v) is 2.85. The Labute approximate surface area is 137 Å². The monoisotopic (exact) mass is 309 g/mol. The van der Waals surface area contributed by atoms with Crippen molar-refractivity contribution in [2.24, 2.45) is 0 Å². The molecular formula is C19H23N3O. The molecule has 0 unspecified atom stereocenters. The number of aromatic nitrogens is 1. The Morgan fingerprint density at radius 2 is 1.83 bits per heavy atom. The number of nitrogens with zero attached hydrogens (tertiary/aromatic N) is 2. The molecule has 23 heavy (non-hydrogen) atoms. The number of anilines is 1. The van der Waals surface area contributed by atoms with Crippen molar-refractivity contribution < 1.29 is 4.79 Å². The van der Waals surface area contributed by atoms with Gasteiger partial charge in [-0.15, -0.1) is 0 Å². The summed E-state index contributed by atoms with van der Waals surface area (Å²) in [4.78, 5) is 18.7. The Morgan fingerprint density at radius 1 is 1.04 bits per heavy atom. The van der Waals surface area contributed by atoms with E-state index in [9.17, 15) is 4.79 Å². The van der Waals surface area contributed by atoms with Crippen molar-refractivity contribution in [3.63, 3.8) is 0 Å². The average molecular weight is 309 g/mol. The molecule has 1 aliphatic rings. The van der Waals surface area contributed by atoms with Gasteiger partial charge in [-0.2, -0.15) is 0 Å². The van der Waals surface area contributed by atoms with Gasteiger partial charge in [-0.1, -0.05) is 36.4 Å². The first kappa shape index (κ1) is 15.5. The summed E-state index contributed by atoms with van der Waals surface area (Å²) in [6.07, 6.45) is 5.66. The van der Waals surface area contributed by atoms with Crippen LogP contribution in [0, 0.1) is 0 Å². The van der Waals surface area contributed by atoms with Gasteiger partial charge in [0.25, 0.3) is 0 Å². The lowest BCUT2D eigenvalue weighted by Crippen LogP contribution is -2.23. The van der Waals surface area contributed by atoms with Crippen LogP contribution in [-0.2, 0) is 17.8 Å². The molecule has 3 rings (SSSR count). The summed E-state index contributed by atoms with van der Waals surface area (Å²) in [5, 5.41) is 2.97. The molecule has 0 saturated carbocycles. The number of amides is 1. The summed E-state index contributed by atoms with van der Waals surface area (Å²) in [6.45, 7) is 2.74. The lowest BCUT2D eigenvalue weighted by Gasteiger charge is -2.16. The second-order valence-electron chi connectivity index (χ2n) is 5.98. The number of hydrogen-bond donors (Lipinski definition) is 1. The van der Waals surface area contributed by atoms with Crippen LogP contribution in [-0.4, -0.2) is 24.0 Å². The standard InChI is InChI=1S/C19H23N3O/c23-19(11-9-16-6-2-1-3-7-16)21-15-17-8-10-18(20-14-17)22-12-4-5-13-22/h1-3,6-8,10,14H,4-5,9,11-13,15H2,(H,21,23). The van der Waals surface area contributed by atoms with E-state index < -0.39 is 0 Å². The van der Waals surface area contributed by atoms with Crippen LogP contribution in [0.25, 0.3) is 0 Å². The summed E-state index contributed by atoms with van der Waals surface area (Å²) >= 11 is 0. The van der Waals surface area contributed by atoms with E-state index in [-0.39, 0.29) is 5.91 Å². The molecule has 1 aromatic carbocycles. The first-order chi connectivity index (χ1) is 11.3. The first-order valence-corrected chi connectivity index (χ1v) is 8.32. The van der Waals surface area contributed by atoms with Crippen molar-refractivity contribution in [1.29, 1.82) is 0 Å². The van der Waals surface area contributed by atoms with E-state index >= 15 is 0 Å². The minimum Gasteiger partial charge on any atom is -0.357 e. The molecule has 0 spiro atoms. The van der Waals surface area contributed by atoms with E-state index in [2.05, 4.69) is 27.3 Å². The third-order valence-corrected chi connectivity index (χ3v) is 4.21. The fraction of sp³-hybridized carbons (Fsp3) is 0.368. The minimum atomic E-state index is 0.0810.